The molecule has 0 saturated carbocycles. The van der Waals surface area contributed by atoms with E-state index in [4.69, 9.17) is 9.47 Å². The van der Waals surface area contributed by atoms with Crippen molar-refractivity contribution in [2.75, 3.05) is 19.1 Å². The minimum absolute atomic E-state index is 0.135. The van der Waals surface area contributed by atoms with Crippen LogP contribution in [0.4, 0.5) is 5.69 Å². The molecule has 1 aliphatic heterocycles. The summed E-state index contributed by atoms with van der Waals surface area (Å²) in [6.45, 7) is 5.77. The van der Waals surface area contributed by atoms with Gasteiger partial charge in [-0.05, 0) is 37.1 Å². The number of nitrogens with one attached hydrogen (secondary N) is 1. The largest absolute Gasteiger partial charge is 0.493 e. The molecule has 6 heteroatoms. The van der Waals surface area contributed by atoms with Crippen molar-refractivity contribution in [1.82, 2.24) is 5.32 Å². The summed E-state index contributed by atoms with van der Waals surface area (Å²) in [6.07, 6.45) is 0. The van der Waals surface area contributed by atoms with E-state index < -0.39 is 6.04 Å². The van der Waals surface area contributed by atoms with Crippen LogP contribution in [0.3, 0.4) is 0 Å². The Balaban J connectivity index is 2.01. The van der Waals surface area contributed by atoms with Crippen LogP contribution in [-0.2, 0) is 16.1 Å². The lowest BCUT2D eigenvalue weighted by atomic mass is 10.0. The maximum atomic E-state index is 13.1. The molecule has 0 radical (unpaired) electrons. The van der Waals surface area contributed by atoms with Gasteiger partial charge in [0, 0.05) is 12.5 Å². The molecule has 0 unspecified atom stereocenters. The molecule has 0 saturated heterocycles. The van der Waals surface area contributed by atoms with Gasteiger partial charge in [-0.1, -0.05) is 23.8 Å². The predicted molar refractivity (Wildman–Crippen MR) is 103 cm³/mol. The molecule has 142 valence electrons. The van der Waals surface area contributed by atoms with Crippen LogP contribution in [0.5, 0.6) is 11.5 Å². The molecule has 1 heterocycles. The zero-order valence-electron chi connectivity index (χ0n) is 16.3. The zero-order chi connectivity index (χ0) is 19.7. The van der Waals surface area contributed by atoms with E-state index in [2.05, 4.69) is 5.32 Å². The lowest BCUT2D eigenvalue weighted by molar-refractivity contribution is -0.126. The average molecular weight is 368 g/mol. The molecule has 0 fully saturated rings. The Kier molecular flexibility index (Phi) is 5.08. The third-order valence-electron chi connectivity index (χ3n) is 4.70. The van der Waals surface area contributed by atoms with E-state index >= 15 is 0 Å². The number of aryl methyl sites for hydroxylation is 2. The Morgan fingerprint density at radius 3 is 2.44 bits per heavy atom. The number of ether oxygens (including phenoxy) is 2. The van der Waals surface area contributed by atoms with Crippen LogP contribution in [0, 0.1) is 13.8 Å². The molecule has 1 N–H and O–H groups in total. The summed E-state index contributed by atoms with van der Waals surface area (Å²) in [5.41, 5.74) is 4.68. The number of carbonyl (C=O) groups is 2. The van der Waals surface area contributed by atoms with Crippen LogP contribution >= 0.6 is 0 Å². The van der Waals surface area contributed by atoms with Gasteiger partial charge in [-0.3, -0.25) is 9.59 Å². The quantitative estimate of drug-likeness (QED) is 0.881. The van der Waals surface area contributed by atoms with Crippen LogP contribution in [0.25, 0.3) is 0 Å². The Morgan fingerprint density at radius 2 is 1.81 bits per heavy atom. The fourth-order valence-electron chi connectivity index (χ4n) is 3.64. The first kappa shape index (κ1) is 18.8. The number of anilines is 1. The number of amides is 2. The second-order valence-electron chi connectivity index (χ2n) is 6.77. The molecule has 2 aromatic rings. The normalized spacial score (nSPS) is 15.5. The van der Waals surface area contributed by atoms with E-state index in [1.54, 1.807) is 19.1 Å². The summed E-state index contributed by atoms with van der Waals surface area (Å²) >= 11 is 0. The number of carbonyl (C=O) groups excluding carboxylic acids is 2. The minimum atomic E-state index is -0.656. The van der Waals surface area contributed by atoms with Crippen molar-refractivity contribution < 1.29 is 19.1 Å². The van der Waals surface area contributed by atoms with Crippen molar-refractivity contribution in [1.29, 1.82) is 0 Å². The van der Waals surface area contributed by atoms with Gasteiger partial charge in [-0.15, -0.1) is 0 Å². The minimum Gasteiger partial charge on any atom is -0.493 e. The Morgan fingerprint density at radius 1 is 1.11 bits per heavy atom. The molecule has 2 aromatic carbocycles. The van der Waals surface area contributed by atoms with Gasteiger partial charge in [0.2, 0.25) is 5.91 Å². The van der Waals surface area contributed by atoms with E-state index in [9.17, 15) is 9.59 Å². The van der Waals surface area contributed by atoms with E-state index in [1.807, 2.05) is 44.2 Å². The zero-order valence-corrected chi connectivity index (χ0v) is 16.3. The Labute approximate surface area is 159 Å². The van der Waals surface area contributed by atoms with Crippen molar-refractivity contribution >= 4 is 17.5 Å². The molecule has 6 nitrogen and oxygen atoms in total. The first-order chi connectivity index (χ1) is 12.8. The maximum absolute atomic E-state index is 13.1. The highest BCUT2D eigenvalue weighted by atomic mass is 16.5. The number of methoxy groups -OCH3 is 2. The molecule has 1 aliphatic rings. The predicted octanol–water partition coefficient (Wildman–Crippen LogP) is 3.04. The molecule has 0 spiro atoms. The fourth-order valence-corrected chi connectivity index (χ4v) is 3.64. The van der Waals surface area contributed by atoms with Gasteiger partial charge >= 0.3 is 0 Å². The van der Waals surface area contributed by atoms with E-state index in [0.717, 1.165) is 27.9 Å². The first-order valence-corrected chi connectivity index (χ1v) is 8.76. The van der Waals surface area contributed by atoms with Gasteiger partial charge < -0.3 is 19.7 Å². The summed E-state index contributed by atoms with van der Waals surface area (Å²) in [7, 11) is 3.17. The summed E-state index contributed by atoms with van der Waals surface area (Å²) in [5.74, 6) is 0.883. The highest BCUT2D eigenvalue weighted by Gasteiger charge is 2.39. The van der Waals surface area contributed by atoms with E-state index in [1.165, 1.54) is 6.92 Å². The van der Waals surface area contributed by atoms with Crippen LogP contribution in [0.1, 0.15) is 35.2 Å². The molecule has 0 aliphatic carbocycles. The number of hydrogen-bond donors (Lipinski definition) is 1. The van der Waals surface area contributed by atoms with Crippen molar-refractivity contribution in [3.63, 3.8) is 0 Å². The number of nitrogens with zero attached hydrogens (tertiary/aromatic N) is 1. The second kappa shape index (κ2) is 7.31. The number of benzene rings is 2. The Hall–Kier alpha value is -3.02. The topological polar surface area (TPSA) is 67.9 Å². The van der Waals surface area contributed by atoms with Crippen molar-refractivity contribution in [3.8, 4) is 11.5 Å². The highest BCUT2D eigenvalue weighted by Crippen LogP contribution is 2.40. The third-order valence-corrected chi connectivity index (χ3v) is 4.70. The molecular formula is C21H24N2O4. The van der Waals surface area contributed by atoms with Crippen molar-refractivity contribution in [2.24, 2.45) is 0 Å². The van der Waals surface area contributed by atoms with Crippen LogP contribution in [0.15, 0.2) is 30.3 Å². The number of rotatable bonds is 5. The summed E-state index contributed by atoms with van der Waals surface area (Å²) < 4.78 is 10.6. The van der Waals surface area contributed by atoms with E-state index in [-0.39, 0.29) is 11.8 Å². The Bertz CT molecular complexity index is 907. The van der Waals surface area contributed by atoms with Crippen molar-refractivity contribution in [3.05, 3.63) is 52.6 Å². The molecule has 2 amide bonds. The van der Waals surface area contributed by atoms with Gasteiger partial charge in [-0.25, -0.2) is 0 Å². The summed E-state index contributed by atoms with van der Waals surface area (Å²) in [4.78, 5) is 26.5. The molecule has 27 heavy (non-hydrogen) atoms. The smallest absolute Gasteiger partial charge is 0.254 e. The second-order valence-corrected chi connectivity index (χ2v) is 6.77. The van der Waals surface area contributed by atoms with Gasteiger partial charge in [0.1, 0.15) is 6.04 Å². The van der Waals surface area contributed by atoms with Gasteiger partial charge in [0.15, 0.2) is 11.5 Å². The maximum Gasteiger partial charge on any atom is 0.254 e. The number of fused-ring (bicyclic) bond motifs is 1. The molecular weight excluding hydrogens is 344 g/mol. The summed E-state index contributed by atoms with van der Waals surface area (Å²) in [6, 6.07) is 8.95. The number of hydrogen-bond acceptors (Lipinski definition) is 4. The van der Waals surface area contributed by atoms with Gasteiger partial charge in [0.05, 0.1) is 26.5 Å². The standard InChI is InChI=1S/C21H24N2O4/c1-12-8-13(2)20-16(9-12)19(22-14(3)24)21(25)23(20)11-15-6-7-17(26-4)18(10-15)27-5/h6-10,19H,11H2,1-5H3,(H,22,24)/t19-/m0/s1. The molecule has 0 bridgehead atoms. The third kappa shape index (κ3) is 3.47. The molecule has 1 atom stereocenters. The monoisotopic (exact) mass is 368 g/mol. The van der Waals surface area contributed by atoms with E-state index in [0.29, 0.717) is 18.0 Å². The summed E-state index contributed by atoms with van der Waals surface area (Å²) in [5, 5.41) is 2.78. The SMILES string of the molecule is COc1ccc(CN2C(=O)[C@@H](NC(C)=O)c3cc(C)cc(C)c32)cc1OC. The average Bonchev–Trinajstić information content (AvgIpc) is 2.87. The van der Waals surface area contributed by atoms with Crippen LogP contribution < -0.4 is 19.7 Å². The van der Waals surface area contributed by atoms with Gasteiger partial charge in [-0.2, -0.15) is 0 Å². The molecule has 3 rings (SSSR count). The van der Waals surface area contributed by atoms with Crippen LogP contribution in [-0.4, -0.2) is 26.0 Å². The van der Waals surface area contributed by atoms with Gasteiger partial charge in [0.25, 0.3) is 5.91 Å². The highest BCUT2D eigenvalue weighted by molar-refractivity contribution is 6.06. The lowest BCUT2D eigenvalue weighted by Crippen LogP contribution is -2.36. The first-order valence-electron chi connectivity index (χ1n) is 8.76. The van der Waals surface area contributed by atoms with Crippen molar-refractivity contribution in [2.45, 2.75) is 33.4 Å². The fraction of sp³-hybridized carbons (Fsp3) is 0.333. The lowest BCUT2D eigenvalue weighted by Gasteiger charge is -2.20. The molecule has 0 aromatic heterocycles. The van der Waals surface area contributed by atoms with Crippen LogP contribution in [0.2, 0.25) is 0 Å².